The van der Waals surface area contributed by atoms with E-state index < -0.39 is 0 Å². The molecule has 19 heavy (non-hydrogen) atoms. The van der Waals surface area contributed by atoms with E-state index in [0.717, 1.165) is 25.9 Å². The molecule has 1 aromatic heterocycles. The van der Waals surface area contributed by atoms with Gasteiger partial charge in [-0.15, -0.1) is 0 Å². The van der Waals surface area contributed by atoms with Gasteiger partial charge in [-0.1, -0.05) is 0 Å². The minimum Gasteiger partial charge on any atom is -0.460 e. The Morgan fingerprint density at radius 1 is 1.26 bits per heavy atom. The fourth-order valence-electron chi connectivity index (χ4n) is 2.31. The lowest BCUT2D eigenvalue weighted by Gasteiger charge is -2.33. The Labute approximate surface area is 114 Å². The van der Waals surface area contributed by atoms with Crippen LogP contribution in [0.3, 0.4) is 0 Å². The van der Waals surface area contributed by atoms with E-state index in [1.54, 1.807) is 12.4 Å². The van der Waals surface area contributed by atoms with Crippen molar-refractivity contribution in [2.24, 2.45) is 5.92 Å². The zero-order valence-corrected chi connectivity index (χ0v) is 11.9. The summed E-state index contributed by atoms with van der Waals surface area (Å²) in [6.07, 6.45) is 5.32. The van der Waals surface area contributed by atoms with Crippen LogP contribution >= 0.6 is 0 Å². The molecule has 0 N–H and O–H groups in total. The van der Waals surface area contributed by atoms with E-state index in [4.69, 9.17) is 4.74 Å². The maximum absolute atomic E-state index is 12.0. The van der Waals surface area contributed by atoms with Crippen LogP contribution in [0, 0.1) is 5.92 Å². The van der Waals surface area contributed by atoms with E-state index in [1.165, 1.54) is 5.69 Å². The Hall–Kier alpha value is -1.58. The third-order valence-electron chi connectivity index (χ3n) is 3.26. The standard InChI is InChI=1S/C15H22N2O2/c1-15(2,3)19-14(18)12-6-10-17(11-7-12)13-4-8-16-9-5-13/h4-5,8-9,12H,6-7,10-11H2,1-3H3. The number of hydrogen-bond donors (Lipinski definition) is 0. The van der Waals surface area contributed by atoms with Crippen molar-refractivity contribution in [3.8, 4) is 0 Å². The highest BCUT2D eigenvalue weighted by Gasteiger charge is 2.28. The predicted molar refractivity (Wildman–Crippen MR) is 75.0 cm³/mol. The van der Waals surface area contributed by atoms with Gasteiger partial charge in [0.15, 0.2) is 0 Å². The summed E-state index contributed by atoms with van der Waals surface area (Å²) in [4.78, 5) is 18.3. The third kappa shape index (κ3) is 3.94. The van der Waals surface area contributed by atoms with Crippen LogP contribution in [0.5, 0.6) is 0 Å². The third-order valence-corrected chi connectivity index (χ3v) is 3.26. The number of ether oxygens (including phenoxy) is 1. The molecular weight excluding hydrogens is 240 g/mol. The molecule has 0 saturated carbocycles. The number of esters is 1. The molecule has 1 aliphatic rings. The van der Waals surface area contributed by atoms with E-state index >= 15 is 0 Å². The summed E-state index contributed by atoms with van der Waals surface area (Å²) in [5.74, 6) is -0.0146. The van der Waals surface area contributed by atoms with Crippen LogP contribution in [-0.4, -0.2) is 29.6 Å². The van der Waals surface area contributed by atoms with Gasteiger partial charge in [0.05, 0.1) is 5.92 Å². The van der Waals surface area contributed by atoms with Crippen LogP contribution in [-0.2, 0) is 9.53 Å². The highest BCUT2D eigenvalue weighted by molar-refractivity contribution is 5.73. The molecule has 0 spiro atoms. The topological polar surface area (TPSA) is 42.4 Å². The van der Waals surface area contributed by atoms with Crippen LogP contribution in [0.1, 0.15) is 33.6 Å². The van der Waals surface area contributed by atoms with Gasteiger partial charge >= 0.3 is 5.97 Å². The SMILES string of the molecule is CC(C)(C)OC(=O)C1CCN(c2ccncc2)CC1. The number of carbonyl (C=O) groups is 1. The number of anilines is 1. The zero-order chi connectivity index (χ0) is 13.9. The molecule has 2 heterocycles. The van der Waals surface area contributed by atoms with Crippen LogP contribution < -0.4 is 4.90 Å². The number of pyridine rings is 1. The molecule has 1 aliphatic heterocycles. The summed E-state index contributed by atoms with van der Waals surface area (Å²) in [6.45, 7) is 7.53. The second-order valence-electron chi connectivity index (χ2n) is 6.00. The molecule has 4 nitrogen and oxygen atoms in total. The van der Waals surface area contributed by atoms with Gasteiger partial charge in [0.2, 0.25) is 0 Å². The Balaban J connectivity index is 1.88. The van der Waals surface area contributed by atoms with Gasteiger partial charge in [0.25, 0.3) is 0 Å². The summed E-state index contributed by atoms with van der Waals surface area (Å²) in [7, 11) is 0. The van der Waals surface area contributed by atoms with Gasteiger partial charge in [-0.05, 0) is 45.7 Å². The van der Waals surface area contributed by atoms with Gasteiger partial charge in [0.1, 0.15) is 5.60 Å². The maximum Gasteiger partial charge on any atom is 0.309 e. The first-order chi connectivity index (χ1) is 8.96. The molecule has 1 saturated heterocycles. The smallest absolute Gasteiger partial charge is 0.309 e. The van der Waals surface area contributed by atoms with Crippen molar-refractivity contribution in [3.05, 3.63) is 24.5 Å². The fourth-order valence-corrected chi connectivity index (χ4v) is 2.31. The number of piperidine rings is 1. The molecule has 1 fully saturated rings. The van der Waals surface area contributed by atoms with Crippen molar-refractivity contribution in [3.63, 3.8) is 0 Å². The molecule has 2 rings (SSSR count). The number of aromatic nitrogens is 1. The average molecular weight is 262 g/mol. The molecule has 4 heteroatoms. The van der Waals surface area contributed by atoms with E-state index in [9.17, 15) is 4.79 Å². The van der Waals surface area contributed by atoms with Gasteiger partial charge in [-0.2, -0.15) is 0 Å². The minimum absolute atomic E-state index is 0.0392. The lowest BCUT2D eigenvalue weighted by atomic mass is 9.96. The molecule has 0 radical (unpaired) electrons. The first-order valence-corrected chi connectivity index (χ1v) is 6.83. The van der Waals surface area contributed by atoms with Gasteiger partial charge in [0, 0.05) is 31.2 Å². The highest BCUT2D eigenvalue weighted by atomic mass is 16.6. The van der Waals surface area contributed by atoms with Crippen LogP contribution in [0.2, 0.25) is 0 Å². The molecule has 104 valence electrons. The number of carbonyl (C=O) groups excluding carboxylic acids is 1. The molecule has 0 unspecified atom stereocenters. The summed E-state index contributed by atoms with van der Waals surface area (Å²) >= 11 is 0. The van der Waals surface area contributed by atoms with Gasteiger partial charge in [-0.25, -0.2) is 0 Å². The monoisotopic (exact) mass is 262 g/mol. The van der Waals surface area contributed by atoms with Crippen molar-refractivity contribution in [1.82, 2.24) is 4.98 Å². The first-order valence-electron chi connectivity index (χ1n) is 6.83. The molecule has 0 aromatic carbocycles. The second-order valence-corrected chi connectivity index (χ2v) is 6.00. The molecule has 0 amide bonds. The van der Waals surface area contributed by atoms with E-state index in [0.29, 0.717) is 0 Å². The molecule has 1 aromatic rings. The Morgan fingerprint density at radius 2 is 1.84 bits per heavy atom. The first kappa shape index (κ1) is 13.8. The van der Waals surface area contributed by atoms with Crippen LogP contribution in [0.4, 0.5) is 5.69 Å². The normalized spacial score (nSPS) is 17.3. The Bertz CT molecular complexity index is 418. The minimum atomic E-state index is -0.390. The predicted octanol–water partition coefficient (Wildman–Crippen LogP) is 2.64. The summed E-state index contributed by atoms with van der Waals surface area (Å²) in [5.41, 5.74) is 0.789. The highest BCUT2D eigenvalue weighted by Crippen LogP contribution is 2.24. The van der Waals surface area contributed by atoms with Crippen molar-refractivity contribution >= 4 is 11.7 Å². The molecular formula is C15H22N2O2. The largest absolute Gasteiger partial charge is 0.460 e. The maximum atomic E-state index is 12.0. The summed E-state index contributed by atoms with van der Waals surface area (Å²) in [5, 5.41) is 0. The van der Waals surface area contributed by atoms with Gasteiger partial charge < -0.3 is 9.64 Å². The summed E-state index contributed by atoms with van der Waals surface area (Å²) in [6, 6.07) is 4.02. The second kappa shape index (κ2) is 5.59. The molecule has 0 aliphatic carbocycles. The van der Waals surface area contributed by atoms with Gasteiger partial charge in [-0.3, -0.25) is 9.78 Å². The Kier molecular flexibility index (Phi) is 4.08. The number of rotatable bonds is 2. The van der Waals surface area contributed by atoms with E-state index in [-0.39, 0.29) is 17.5 Å². The van der Waals surface area contributed by atoms with Crippen molar-refractivity contribution in [1.29, 1.82) is 0 Å². The van der Waals surface area contributed by atoms with Crippen LogP contribution in [0.15, 0.2) is 24.5 Å². The van der Waals surface area contributed by atoms with Crippen molar-refractivity contribution in [2.45, 2.75) is 39.2 Å². The average Bonchev–Trinajstić information content (AvgIpc) is 2.38. The quantitative estimate of drug-likeness (QED) is 0.768. The van der Waals surface area contributed by atoms with Crippen molar-refractivity contribution in [2.75, 3.05) is 18.0 Å². The van der Waals surface area contributed by atoms with E-state index in [2.05, 4.69) is 9.88 Å². The lowest BCUT2D eigenvalue weighted by molar-refractivity contribution is -0.160. The van der Waals surface area contributed by atoms with E-state index in [1.807, 2.05) is 32.9 Å². The van der Waals surface area contributed by atoms with Crippen molar-refractivity contribution < 1.29 is 9.53 Å². The molecule has 0 atom stereocenters. The fraction of sp³-hybridized carbons (Fsp3) is 0.600. The van der Waals surface area contributed by atoms with Crippen LogP contribution in [0.25, 0.3) is 0 Å². The summed E-state index contributed by atoms with van der Waals surface area (Å²) < 4.78 is 5.45. The molecule has 0 bridgehead atoms. The number of hydrogen-bond acceptors (Lipinski definition) is 4. The zero-order valence-electron chi connectivity index (χ0n) is 11.9. The lowest BCUT2D eigenvalue weighted by Crippen LogP contribution is -2.38. The number of nitrogens with zero attached hydrogens (tertiary/aromatic N) is 2. The Morgan fingerprint density at radius 3 is 2.37 bits per heavy atom.